The Morgan fingerprint density at radius 2 is 2.12 bits per heavy atom. The quantitative estimate of drug-likeness (QED) is 0.863. The molecule has 0 atom stereocenters. The van der Waals surface area contributed by atoms with E-state index in [0.29, 0.717) is 5.75 Å². The number of thiol groups is 1. The average molecular weight is 267 g/mol. The second-order valence-corrected chi connectivity index (χ2v) is 4.61. The van der Waals surface area contributed by atoms with Crippen molar-refractivity contribution in [2.45, 2.75) is 5.75 Å². The van der Waals surface area contributed by atoms with Gasteiger partial charge in [-0.2, -0.15) is 12.6 Å². The van der Waals surface area contributed by atoms with Crippen LogP contribution in [0.1, 0.15) is 5.01 Å². The largest absolute Gasteiger partial charge is 0.497 e. The van der Waals surface area contributed by atoms with Gasteiger partial charge in [-0.3, -0.25) is 0 Å². The molecular formula is C12H13NO2S2. The first-order valence-electron chi connectivity index (χ1n) is 5.06. The van der Waals surface area contributed by atoms with Gasteiger partial charge in [0.1, 0.15) is 16.5 Å². The molecule has 0 unspecified atom stereocenters. The number of hydrogen-bond acceptors (Lipinski definition) is 5. The fraction of sp³-hybridized carbons (Fsp3) is 0.250. The molecule has 0 fully saturated rings. The summed E-state index contributed by atoms with van der Waals surface area (Å²) in [5.74, 6) is 2.19. The molecule has 1 aromatic heterocycles. The number of aromatic nitrogens is 1. The van der Waals surface area contributed by atoms with Crippen LogP contribution >= 0.6 is 24.0 Å². The summed E-state index contributed by atoms with van der Waals surface area (Å²) in [6.07, 6.45) is 0. The van der Waals surface area contributed by atoms with Crippen LogP contribution < -0.4 is 9.47 Å². The molecule has 2 aromatic rings. The first-order chi connectivity index (χ1) is 8.28. The summed E-state index contributed by atoms with van der Waals surface area (Å²) >= 11 is 5.81. The summed E-state index contributed by atoms with van der Waals surface area (Å²) in [5, 5.41) is 3.01. The molecule has 0 spiro atoms. The molecule has 0 N–H and O–H groups in total. The van der Waals surface area contributed by atoms with Crippen LogP contribution in [-0.4, -0.2) is 19.2 Å². The smallest absolute Gasteiger partial charge is 0.131 e. The SMILES string of the molecule is COc1ccc(-c2csc(CS)n2)c(OC)c1. The maximum absolute atomic E-state index is 5.35. The average Bonchev–Trinajstić information content (AvgIpc) is 2.86. The van der Waals surface area contributed by atoms with E-state index in [1.807, 2.05) is 23.6 Å². The van der Waals surface area contributed by atoms with Crippen LogP contribution in [0, 0.1) is 0 Å². The fourth-order valence-electron chi connectivity index (χ4n) is 1.52. The van der Waals surface area contributed by atoms with Gasteiger partial charge in [0.15, 0.2) is 0 Å². The predicted octanol–water partition coefficient (Wildman–Crippen LogP) is 3.26. The van der Waals surface area contributed by atoms with E-state index in [4.69, 9.17) is 9.47 Å². The molecule has 0 bridgehead atoms. The minimum absolute atomic E-state index is 0.656. The lowest BCUT2D eigenvalue weighted by Gasteiger charge is -2.08. The molecule has 0 radical (unpaired) electrons. The maximum atomic E-state index is 5.35. The number of ether oxygens (including phenoxy) is 2. The van der Waals surface area contributed by atoms with E-state index in [1.165, 1.54) is 0 Å². The Kier molecular flexibility index (Phi) is 3.91. The van der Waals surface area contributed by atoms with Crippen molar-refractivity contribution in [2.24, 2.45) is 0 Å². The van der Waals surface area contributed by atoms with E-state index in [0.717, 1.165) is 27.8 Å². The molecule has 2 rings (SSSR count). The second-order valence-electron chi connectivity index (χ2n) is 3.35. The van der Waals surface area contributed by atoms with E-state index < -0.39 is 0 Å². The molecule has 17 heavy (non-hydrogen) atoms. The highest BCUT2D eigenvalue weighted by molar-refractivity contribution is 7.79. The van der Waals surface area contributed by atoms with Gasteiger partial charge in [0, 0.05) is 22.8 Å². The van der Waals surface area contributed by atoms with Crippen molar-refractivity contribution >= 4 is 24.0 Å². The number of hydrogen-bond donors (Lipinski definition) is 1. The first-order valence-corrected chi connectivity index (χ1v) is 6.57. The van der Waals surface area contributed by atoms with Crippen molar-refractivity contribution in [1.82, 2.24) is 4.98 Å². The molecule has 0 aliphatic carbocycles. The summed E-state index contributed by atoms with van der Waals surface area (Å²) in [6, 6.07) is 5.71. The van der Waals surface area contributed by atoms with Crippen molar-refractivity contribution in [3.63, 3.8) is 0 Å². The molecule has 0 amide bonds. The Labute approximate surface area is 110 Å². The van der Waals surface area contributed by atoms with Crippen molar-refractivity contribution < 1.29 is 9.47 Å². The van der Waals surface area contributed by atoms with Crippen LogP contribution in [0.2, 0.25) is 0 Å². The molecule has 1 heterocycles. The lowest BCUT2D eigenvalue weighted by molar-refractivity contribution is 0.395. The van der Waals surface area contributed by atoms with Gasteiger partial charge in [-0.05, 0) is 12.1 Å². The third-order valence-corrected chi connectivity index (χ3v) is 3.73. The van der Waals surface area contributed by atoms with E-state index in [9.17, 15) is 0 Å². The molecular weight excluding hydrogens is 254 g/mol. The molecule has 0 aliphatic heterocycles. The molecule has 0 saturated heterocycles. The number of thiazole rings is 1. The van der Waals surface area contributed by atoms with Crippen LogP contribution in [0.4, 0.5) is 0 Å². The Hall–Kier alpha value is -1.20. The Morgan fingerprint density at radius 3 is 2.71 bits per heavy atom. The third kappa shape index (κ3) is 2.56. The maximum Gasteiger partial charge on any atom is 0.131 e. The van der Waals surface area contributed by atoms with Crippen LogP contribution in [0.3, 0.4) is 0 Å². The van der Waals surface area contributed by atoms with Gasteiger partial charge in [-0.1, -0.05) is 0 Å². The number of nitrogens with zero attached hydrogens (tertiary/aromatic N) is 1. The van der Waals surface area contributed by atoms with Gasteiger partial charge in [-0.15, -0.1) is 11.3 Å². The van der Waals surface area contributed by atoms with Crippen LogP contribution in [0.15, 0.2) is 23.6 Å². The minimum atomic E-state index is 0.656. The summed E-state index contributed by atoms with van der Waals surface area (Å²) in [5.41, 5.74) is 1.89. The Bertz CT molecular complexity index is 511. The monoisotopic (exact) mass is 267 g/mol. The number of benzene rings is 1. The van der Waals surface area contributed by atoms with E-state index in [1.54, 1.807) is 25.6 Å². The van der Waals surface area contributed by atoms with Crippen LogP contribution in [0.5, 0.6) is 11.5 Å². The first kappa shape index (κ1) is 12.3. The molecule has 0 saturated carbocycles. The van der Waals surface area contributed by atoms with Crippen molar-refractivity contribution in [3.05, 3.63) is 28.6 Å². The van der Waals surface area contributed by atoms with Gasteiger partial charge in [0.25, 0.3) is 0 Å². The van der Waals surface area contributed by atoms with Gasteiger partial charge in [0.2, 0.25) is 0 Å². The van der Waals surface area contributed by atoms with Gasteiger partial charge in [0.05, 0.1) is 19.9 Å². The fourth-order valence-corrected chi connectivity index (χ4v) is 2.46. The van der Waals surface area contributed by atoms with Gasteiger partial charge < -0.3 is 9.47 Å². The van der Waals surface area contributed by atoms with Gasteiger partial charge >= 0.3 is 0 Å². The molecule has 5 heteroatoms. The highest BCUT2D eigenvalue weighted by Gasteiger charge is 2.10. The van der Waals surface area contributed by atoms with Crippen LogP contribution in [0.25, 0.3) is 11.3 Å². The Morgan fingerprint density at radius 1 is 1.29 bits per heavy atom. The molecule has 3 nitrogen and oxygen atoms in total. The lowest BCUT2D eigenvalue weighted by atomic mass is 10.1. The standard InChI is InChI=1S/C12H13NO2S2/c1-14-8-3-4-9(11(5-8)15-2)10-7-17-12(6-16)13-10/h3-5,7,16H,6H2,1-2H3. The minimum Gasteiger partial charge on any atom is -0.497 e. The van der Waals surface area contributed by atoms with Gasteiger partial charge in [-0.25, -0.2) is 4.98 Å². The predicted molar refractivity (Wildman–Crippen MR) is 73.3 cm³/mol. The Balaban J connectivity index is 2.43. The lowest BCUT2D eigenvalue weighted by Crippen LogP contribution is -1.90. The number of methoxy groups -OCH3 is 2. The van der Waals surface area contributed by atoms with Crippen molar-refractivity contribution in [2.75, 3.05) is 14.2 Å². The summed E-state index contributed by atoms with van der Waals surface area (Å²) < 4.78 is 10.5. The highest BCUT2D eigenvalue weighted by atomic mass is 32.1. The third-order valence-electron chi connectivity index (χ3n) is 2.37. The molecule has 1 aromatic carbocycles. The van der Waals surface area contributed by atoms with Crippen molar-refractivity contribution in [3.8, 4) is 22.8 Å². The molecule has 90 valence electrons. The molecule has 0 aliphatic rings. The second kappa shape index (κ2) is 5.42. The summed E-state index contributed by atoms with van der Waals surface area (Å²) in [4.78, 5) is 4.48. The normalized spacial score (nSPS) is 10.3. The van der Waals surface area contributed by atoms with Crippen molar-refractivity contribution in [1.29, 1.82) is 0 Å². The van der Waals surface area contributed by atoms with Crippen LogP contribution in [-0.2, 0) is 5.75 Å². The van der Waals surface area contributed by atoms with E-state index in [2.05, 4.69) is 17.6 Å². The zero-order valence-electron chi connectivity index (χ0n) is 9.64. The summed E-state index contributed by atoms with van der Waals surface area (Å²) in [6.45, 7) is 0. The van der Waals surface area contributed by atoms with E-state index >= 15 is 0 Å². The highest BCUT2D eigenvalue weighted by Crippen LogP contribution is 2.33. The summed E-state index contributed by atoms with van der Waals surface area (Å²) in [7, 11) is 3.28. The zero-order chi connectivity index (χ0) is 12.3. The zero-order valence-corrected chi connectivity index (χ0v) is 11.3. The number of rotatable bonds is 4. The topological polar surface area (TPSA) is 31.4 Å². The van der Waals surface area contributed by atoms with E-state index in [-0.39, 0.29) is 0 Å².